The van der Waals surface area contributed by atoms with Gasteiger partial charge < -0.3 is 10.6 Å². The molecule has 0 spiro atoms. The monoisotopic (exact) mass is 317 g/mol. The fraction of sp³-hybridized carbons (Fsp3) is 0.412. The Labute approximate surface area is 136 Å². The second kappa shape index (κ2) is 7.40. The van der Waals surface area contributed by atoms with Crippen molar-refractivity contribution in [3.8, 4) is 10.6 Å². The van der Waals surface area contributed by atoms with Gasteiger partial charge in [-0.2, -0.15) is 0 Å². The molecule has 0 saturated carbocycles. The summed E-state index contributed by atoms with van der Waals surface area (Å²) in [6, 6.07) is 10.1. The molecular weight excluding hydrogens is 294 g/mol. The molecule has 118 valence electrons. The lowest BCUT2D eigenvalue weighted by atomic mass is 10.1. The summed E-state index contributed by atoms with van der Waals surface area (Å²) in [5.74, 6) is 0.417. The summed E-state index contributed by atoms with van der Waals surface area (Å²) < 4.78 is 0. The van der Waals surface area contributed by atoms with E-state index in [1.54, 1.807) is 11.3 Å². The maximum absolute atomic E-state index is 11.9. The predicted molar refractivity (Wildman–Crippen MR) is 92.0 cm³/mol. The van der Waals surface area contributed by atoms with Crippen molar-refractivity contribution in [2.24, 2.45) is 5.92 Å². The maximum atomic E-state index is 11.9. The highest BCUT2D eigenvalue weighted by atomic mass is 32.1. The van der Waals surface area contributed by atoms with Gasteiger partial charge in [0.1, 0.15) is 5.01 Å². The van der Waals surface area contributed by atoms with E-state index in [1.165, 1.54) is 0 Å². The van der Waals surface area contributed by atoms with Gasteiger partial charge in [-0.15, -0.1) is 11.3 Å². The van der Waals surface area contributed by atoms with E-state index in [2.05, 4.69) is 29.5 Å². The van der Waals surface area contributed by atoms with Gasteiger partial charge in [0.25, 0.3) is 0 Å². The van der Waals surface area contributed by atoms with Crippen molar-refractivity contribution in [3.63, 3.8) is 0 Å². The van der Waals surface area contributed by atoms with Gasteiger partial charge in [0.2, 0.25) is 0 Å². The molecule has 0 aliphatic rings. The van der Waals surface area contributed by atoms with Gasteiger partial charge >= 0.3 is 6.03 Å². The Morgan fingerprint density at radius 1 is 1.23 bits per heavy atom. The van der Waals surface area contributed by atoms with Gasteiger partial charge in [0.15, 0.2) is 0 Å². The van der Waals surface area contributed by atoms with Gasteiger partial charge in [0, 0.05) is 16.5 Å². The molecule has 2 N–H and O–H groups in total. The van der Waals surface area contributed by atoms with Crippen LogP contribution in [0.25, 0.3) is 10.6 Å². The molecule has 1 aromatic heterocycles. The number of aryl methyl sites for hydroxylation is 1. The van der Waals surface area contributed by atoms with Gasteiger partial charge in [-0.05, 0) is 19.8 Å². The maximum Gasteiger partial charge on any atom is 0.315 e. The number of urea groups is 1. The van der Waals surface area contributed by atoms with E-state index in [1.807, 2.05) is 44.2 Å². The lowest BCUT2D eigenvalue weighted by Crippen LogP contribution is -2.42. The van der Waals surface area contributed by atoms with E-state index in [-0.39, 0.29) is 12.1 Å². The summed E-state index contributed by atoms with van der Waals surface area (Å²) in [7, 11) is 0. The number of aromatic nitrogens is 1. The van der Waals surface area contributed by atoms with Crippen LogP contribution in [-0.2, 0) is 6.54 Å². The Balaban J connectivity index is 1.97. The second-order valence-electron chi connectivity index (χ2n) is 5.75. The molecule has 22 heavy (non-hydrogen) atoms. The minimum Gasteiger partial charge on any atom is -0.335 e. The normalized spacial score (nSPS) is 12.2. The first-order valence-electron chi connectivity index (χ1n) is 7.53. The van der Waals surface area contributed by atoms with Crippen LogP contribution in [0.15, 0.2) is 30.3 Å². The number of carbonyl (C=O) groups is 1. The van der Waals surface area contributed by atoms with Crippen LogP contribution in [0.1, 0.15) is 31.3 Å². The zero-order valence-electron chi connectivity index (χ0n) is 13.5. The number of nitrogens with zero attached hydrogens (tertiary/aromatic N) is 1. The van der Waals surface area contributed by atoms with Gasteiger partial charge in [-0.3, -0.25) is 0 Å². The molecule has 0 fully saturated rings. The molecule has 0 aliphatic heterocycles. The Hall–Kier alpha value is -1.88. The molecule has 1 unspecified atom stereocenters. The van der Waals surface area contributed by atoms with Crippen LogP contribution in [-0.4, -0.2) is 17.1 Å². The Morgan fingerprint density at radius 2 is 1.91 bits per heavy atom. The summed E-state index contributed by atoms with van der Waals surface area (Å²) in [6.07, 6.45) is 0. The van der Waals surface area contributed by atoms with Gasteiger partial charge in [-0.25, -0.2) is 9.78 Å². The average molecular weight is 317 g/mol. The number of benzene rings is 1. The highest BCUT2D eigenvalue weighted by Gasteiger charge is 2.13. The van der Waals surface area contributed by atoms with E-state index in [0.717, 1.165) is 21.1 Å². The van der Waals surface area contributed by atoms with Gasteiger partial charge in [0.05, 0.1) is 12.2 Å². The van der Waals surface area contributed by atoms with Crippen LogP contribution in [0.5, 0.6) is 0 Å². The first-order valence-corrected chi connectivity index (χ1v) is 8.35. The molecule has 0 saturated heterocycles. The van der Waals surface area contributed by atoms with Crippen LogP contribution in [0.2, 0.25) is 0 Å². The molecule has 1 atom stereocenters. The minimum absolute atomic E-state index is 0.129. The quantitative estimate of drug-likeness (QED) is 0.877. The molecule has 1 aromatic carbocycles. The zero-order valence-corrected chi connectivity index (χ0v) is 14.3. The van der Waals surface area contributed by atoms with E-state index >= 15 is 0 Å². The summed E-state index contributed by atoms with van der Waals surface area (Å²) in [5.41, 5.74) is 2.08. The van der Waals surface area contributed by atoms with Crippen LogP contribution >= 0.6 is 11.3 Å². The van der Waals surface area contributed by atoms with Crippen molar-refractivity contribution in [2.45, 2.75) is 40.3 Å². The Bertz CT molecular complexity index is 622. The van der Waals surface area contributed by atoms with Crippen molar-refractivity contribution in [3.05, 3.63) is 40.9 Å². The molecule has 2 amide bonds. The summed E-state index contributed by atoms with van der Waals surface area (Å²) in [6.45, 7) is 8.67. The predicted octanol–water partition coefficient (Wildman–Crippen LogP) is 3.96. The molecule has 0 radical (unpaired) electrons. The first-order chi connectivity index (χ1) is 10.5. The van der Waals surface area contributed by atoms with Crippen molar-refractivity contribution in [1.29, 1.82) is 0 Å². The minimum atomic E-state index is -0.129. The number of carbonyl (C=O) groups excluding carboxylic acids is 1. The summed E-state index contributed by atoms with van der Waals surface area (Å²) >= 11 is 1.63. The number of hydrogen-bond acceptors (Lipinski definition) is 3. The molecule has 1 heterocycles. The van der Waals surface area contributed by atoms with Crippen LogP contribution < -0.4 is 10.6 Å². The second-order valence-corrected chi connectivity index (χ2v) is 6.84. The number of nitrogens with one attached hydrogen (secondary N) is 2. The lowest BCUT2D eigenvalue weighted by Gasteiger charge is -2.17. The topological polar surface area (TPSA) is 54.0 Å². The molecular formula is C17H23N3OS. The average Bonchev–Trinajstić information content (AvgIpc) is 2.87. The fourth-order valence-electron chi connectivity index (χ4n) is 1.88. The smallest absolute Gasteiger partial charge is 0.315 e. The number of thiazole rings is 1. The van der Waals surface area contributed by atoms with Crippen LogP contribution in [0.3, 0.4) is 0 Å². The number of rotatable bonds is 5. The SMILES string of the molecule is Cc1nc(-c2ccccc2)sc1CNC(=O)NC(C)C(C)C. The zero-order chi connectivity index (χ0) is 16.1. The highest BCUT2D eigenvalue weighted by Crippen LogP contribution is 2.27. The molecule has 2 aromatic rings. The van der Waals surface area contributed by atoms with E-state index in [4.69, 9.17) is 0 Å². The third-order valence-corrected chi connectivity index (χ3v) is 4.89. The van der Waals surface area contributed by atoms with E-state index < -0.39 is 0 Å². The molecule has 4 nitrogen and oxygen atoms in total. The number of hydrogen-bond donors (Lipinski definition) is 2. The first kappa shape index (κ1) is 16.5. The van der Waals surface area contributed by atoms with Crippen LogP contribution in [0, 0.1) is 12.8 Å². The largest absolute Gasteiger partial charge is 0.335 e. The Morgan fingerprint density at radius 3 is 2.55 bits per heavy atom. The van der Waals surface area contributed by atoms with E-state index in [9.17, 15) is 4.79 Å². The molecule has 2 rings (SSSR count). The Kier molecular flexibility index (Phi) is 5.55. The van der Waals surface area contributed by atoms with Gasteiger partial charge in [-0.1, -0.05) is 44.2 Å². The summed E-state index contributed by atoms with van der Waals surface area (Å²) in [5, 5.41) is 6.84. The third kappa shape index (κ3) is 4.31. The standard InChI is InChI=1S/C17H23N3OS/c1-11(2)12(3)20-17(21)18-10-15-13(4)19-16(22-15)14-8-6-5-7-9-14/h5-9,11-12H,10H2,1-4H3,(H2,18,20,21). The fourth-order valence-corrected chi connectivity index (χ4v) is 2.89. The van der Waals surface area contributed by atoms with Crippen molar-refractivity contribution < 1.29 is 4.79 Å². The summed E-state index contributed by atoms with van der Waals surface area (Å²) in [4.78, 5) is 17.6. The highest BCUT2D eigenvalue weighted by molar-refractivity contribution is 7.15. The number of amides is 2. The molecule has 0 bridgehead atoms. The molecule has 5 heteroatoms. The van der Waals surface area contributed by atoms with Crippen LogP contribution in [0.4, 0.5) is 4.79 Å². The van der Waals surface area contributed by atoms with Crippen molar-refractivity contribution >= 4 is 17.4 Å². The molecule has 0 aliphatic carbocycles. The lowest BCUT2D eigenvalue weighted by molar-refractivity contribution is 0.234. The van der Waals surface area contributed by atoms with E-state index in [0.29, 0.717) is 12.5 Å². The third-order valence-electron chi connectivity index (χ3n) is 3.68. The van der Waals surface area contributed by atoms with Crippen molar-refractivity contribution in [2.75, 3.05) is 0 Å². The van der Waals surface area contributed by atoms with Crippen molar-refractivity contribution in [1.82, 2.24) is 15.6 Å².